The molecule has 0 radical (unpaired) electrons. The highest BCUT2D eigenvalue weighted by Crippen LogP contribution is 2.33. The first-order valence-electron chi connectivity index (χ1n) is 9.30. The van der Waals surface area contributed by atoms with Gasteiger partial charge in [-0.2, -0.15) is 0 Å². The highest BCUT2D eigenvalue weighted by Gasteiger charge is 2.29. The maximum atomic E-state index is 13.1. The third-order valence-electron chi connectivity index (χ3n) is 5.07. The molecule has 1 amide bonds. The van der Waals surface area contributed by atoms with Crippen LogP contribution in [0.5, 0.6) is 0 Å². The van der Waals surface area contributed by atoms with E-state index in [4.69, 9.17) is 0 Å². The molecular formula is C22H17N5O2. The minimum Gasteiger partial charge on any atom is -0.292 e. The van der Waals surface area contributed by atoms with Crippen molar-refractivity contribution in [3.63, 3.8) is 0 Å². The standard InChI is InChI=1S/C22H17N5O2/c28-21(15-8-12-23-13-9-15)26-14-10-18-19(17-7-4-11-24-20(17)26)25-27(22(18)29)16-5-2-1-3-6-16/h1-9,11-13,25H,10,14H2. The molecule has 0 spiro atoms. The Labute approximate surface area is 166 Å². The maximum Gasteiger partial charge on any atom is 0.275 e. The average molecular weight is 383 g/mol. The van der Waals surface area contributed by atoms with Crippen molar-refractivity contribution in [1.29, 1.82) is 0 Å². The van der Waals surface area contributed by atoms with Crippen LogP contribution in [0.3, 0.4) is 0 Å². The molecule has 0 saturated carbocycles. The summed E-state index contributed by atoms with van der Waals surface area (Å²) in [5.41, 5.74) is 3.26. The lowest BCUT2D eigenvalue weighted by Gasteiger charge is -2.21. The van der Waals surface area contributed by atoms with Gasteiger partial charge in [-0.25, -0.2) is 9.67 Å². The van der Waals surface area contributed by atoms with E-state index in [1.807, 2.05) is 36.4 Å². The predicted octanol–water partition coefficient (Wildman–Crippen LogP) is 2.83. The van der Waals surface area contributed by atoms with Crippen molar-refractivity contribution in [3.8, 4) is 16.9 Å². The molecule has 7 heteroatoms. The third kappa shape index (κ3) is 2.84. The number of carbonyl (C=O) groups is 1. The number of rotatable bonds is 2. The van der Waals surface area contributed by atoms with Gasteiger partial charge in [0.05, 0.1) is 11.4 Å². The zero-order valence-corrected chi connectivity index (χ0v) is 15.4. The van der Waals surface area contributed by atoms with E-state index in [9.17, 15) is 9.59 Å². The Morgan fingerprint density at radius 3 is 2.55 bits per heavy atom. The number of benzene rings is 1. The fourth-order valence-corrected chi connectivity index (χ4v) is 3.67. The molecule has 5 rings (SSSR count). The van der Waals surface area contributed by atoms with Gasteiger partial charge in [-0.1, -0.05) is 18.2 Å². The van der Waals surface area contributed by atoms with Crippen molar-refractivity contribution in [3.05, 3.63) is 94.7 Å². The lowest BCUT2D eigenvalue weighted by molar-refractivity contribution is 0.0986. The van der Waals surface area contributed by atoms with Crippen LogP contribution in [0.2, 0.25) is 0 Å². The minimum absolute atomic E-state index is 0.112. The Morgan fingerprint density at radius 1 is 0.966 bits per heavy atom. The Kier molecular flexibility index (Phi) is 4.05. The molecule has 4 aromatic rings. The van der Waals surface area contributed by atoms with Gasteiger partial charge in [0.25, 0.3) is 11.5 Å². The van der Waals surface area contributed by atoms with Crippen LogP contribution in [0.25, 0.3) is 16.9 Å². The van der Waals surface area contributed by atoms with Gasteiger partial charge in [-0.05, 0) is 42.8 Å². The largest absolute Gasteiger partial charge is 0.292 e. The molecule has 0 bridgehead atoms. The van der Waals surface area contributed by atoms with Crippen molar-refractivity contribution in [2.75, 3.05) is 11.4 Å². The van der Waals surface area contributed by atoms with Crippen LogP contribution in [0, 0.1) is 0 Å². The molecule has 0 unspecified atom stereocenters. The summed E-state index contributed by atoms with van der Waals surface area (Å²) in [5, 5.41) is 3.23. The van der Waals surface area contributed by atoms with Crippen LogP contribution in [-0.4, -0.2) is 32.2 Å². The molecule has 142 valence electrons. The second kappa shape index (κ2) is 6.87. The van der Waals surface area contributed by atoms with E-state index in [0.717, 1.165) is 11.3 Å². The van der Waals surface area contributed by atoms with Gasteiger partial charge < -0.3 is 0 Å². The van der Waals surface area contributed by atoms with E-state index >= 15 is 0 Å². The number of carbonyl (C=O) groups excluding carboxylic acids is 1. The van der Waals surface area contributed by atoms with Crippen LogP contribution < -0.4 is 10.5 Å². The number of fused-ring (bicyclic) bond motifs is 3. The van der Waals surface area contributed by atoms with Crippen molar-refractivity contribution < 1.29 is 4.79 Å². The number of hydrogen-bond donors (Lipinski definition) is 1. The van der Waals surface area contributed by atoms with E-state index in [-0.39, 0.29) is 11.5 Å². The molecule has 1 aromatic carbocycles. The molecule has 7 nitrogen and oxygen atoms in total. The zero-order valence-electron chi connectivity index (χ0n) is 15.4. The predicted molar refractivity (Wildman–Crippen MR) is 109 cm³/mol. The summed E-state index contributed by atoms with van der Waals surface area (Å²) in [6.07, 6.45) is 5.26. The van der Waals surface area contributed by atoms with Gasteiger partial charge in [0.1, 0.15) is 5.82 Å². The number of H-pyrrole nitrogens is 1. The van der Waals surface area contributed by atoms with Gasteiger partial charge in [0, 0.05) is 41.8 Å². The summed E-state index contributed by atoms with van der Waals surface area (Å²) in [6, 6.07) is 16.5. The molecule has 4 heterocycles. The lowest BCUT2D eigenvalue weighted by Crippen LogP contribution is -2.34. The van der Waals surface area contributed by atoms with Crippen molar-refractivity contribution >= 4 is 11.7 Å². The second-order valence-electron chi connectivity index (χ2n) is 6.76. The summed E-state index contributed by atoms with van der Waals surface area (Å²) in [6.45, 7) is 0.361. The summed E-state index contributed by atoms with van der Waals surface area (Å²) in [4.78, 5) is 36.3. The monoisotopic (exact) mass is 383 g/mol. The fourth-order valence-electron chi connectivity index (χ4n) is 3.67. The Bertz CT molecular complexity index is 1250. The highest BCUT2D eigenvalue weighted by molar-refractivity contribution is 6.07. The quantitative estimate of drug-likeness (QED) is 0.577. The summed E-state index contributed by atoms with van der Waals surface area (Å²) < 4.78 is 1.54. The number of aromatic amines is 1. The maximum absolute atomic E-state index is 13.1. The number of nitrogens with zero attached hydrogens (tertiary/aromatic N) is 4. The van der Waals surface area contributed by atoms with Crippen LogP contribution in [-0.2, 0) is 6.42 Å². The SMILES string of the molecule is O=C(c1ccncc1)N1CCc2c([nH]n(-c3ccccc3)c2=O)-c2cccnc21. The smallest absolute Gasteiger partial charge is 0.275 e. The van der Waals surface area contributed by atoms with Crippen molar-refractivity contribution in [2.24, 2.45) is 0 Å². The van der Waals surface area contributed by atoms with Crippen molar-refractivity contribution in [2.45, 2.75) is 6.42 Å². The number of aromatic nitrogens is 4. The lowest BCUT2D eigenvalue weighted by atomic mass is 10.1. The molecule has 0 aliphatic carbocycles. The van der Waals surface area contributed by atoms with E-state index in [2.05, 4.69) is 15.1 Å². The molecular weight excluding hydrogens is 366 g/mol. The Morgan fingerprint density at radius 2 is 1.76 bits per heavy atom. The second-order valence-corrected chi connectivity index (χ2v) is 6.76. The van der Waals surface area contributed by atoms with Gasteiger partial charge in [0.2, 0.25) is 0 Å². The first kappa shape index (κ1) is 17.1. The van der Waals surface area contributed by atoms with Gasteiger partial charge in [-0.15, -0.1) is 0 Å². The molecule has 0 fully saturated rings. The fraction of sp³-hybridized carbons (Fsp3) is 0.0909. The molecule has 1 N–H and O–H groups in total. The normalized spacial score (nSPS) is 12.8. The van der Waals surface area contributed by atoms with Gasteiger partial charge >= 0.3 is 0 Å². The molecule has 1 aliphatic rings. The molecule has 0 saturated heterocycles. The minimum atomic E-state index is -0.166. The molecule has 0 atom stereocenters. The van der Waals surface area contributed by atoms with E-state index in [1.54, 1.807) is 46.4 Å². The molecule has 1 aliphatic heterocycles. The first-order chi connectivity index (χ1) is 14.2. The molecule has 3 aromatic heterocycles. The number of para-hydroxylation sites is 1. The Hall–Kier alpha value is -4.00. The number of hydrogen-bond acceptors (Lipinski definition) is 4. The third-order valence-corrected chi connectivity index (χ3v) is 5.07. The number of pyridine rings is 2. The van der Waals surface area contributed by atoms with E-state index in [1.165, 1.54) is 0 Å². The van der Waals surface area contributed by atoms with Crippen LogP contribution in [0.15, 0.2) is 78.0 Å². The summed E-state index contributed by atoms with van der Waals surface area (Å²) >= 11 is 0. The topological polar surface area (TPSA) is 83.9 Å². The van der Waals surface area contributed by atoms with E-state index in [0.29, 0.717) is 35.6 Å². The molecule has 29 heavy (non-hydrogen) atoms. The van der Waals surface area contributed by atoms with Crippen LogP contribution >= 0.6 is 0 Å². The first-order valence-corrected chi connectivity index (χ1v) is 9.30. The van der Waals surface area contributed by atoms with Crippen LogP contribution in [0.4, 0.5) is 5.82 Å². The Balaban J connectivity index is 1.65. The summed E-state index contributed by atoms with van der Waals surface area (Å²) in [7, 11) is 0. The number of nitrogens with one attached hydrogen (secondary N) is 1. The van der Waals surface area contributed by atoms with Gasteiger partial charge in [0.15, 0.2) is 0 Å². The zero-order chi connectivity index (χ0) is 19.8. The highest BCUT2D eigenvalue weighted by atomic mass is 16.2. The van der Waals surface area contributed by atoms with E-state index < -0.39 is 0 Å². The summed E-state index contributed by atoms with van der Waals surface area (Å²) in [5.74, 6) is 0.371. The van der Waals surface area contributed by atoms with Gasteiger partial charge in [-0.3, -0.25) is 24.6 Å². The van der Waals surface area contributed by atoms with Crippen molar-refractivity contribution in [1.82, 2.24) is 19.7 Å². The average Bonchev–Trinajstić information content (AvgIpc) is 3.01. The number of amides is 1. The van der Waals surface area contributed by atoms with Crippen LogP contribution in [0.1, 0.15) is 15.9 Å². The number of anilines is 1.